The summed E-state index contributed by atoms with van der Waals surface area (Å²) in [5.41, 5.74) is 2.40. The van der Waals surface area contributed by atoms with Crippen LogP contribution in [0.1, 0.15) is 34.6 Å². The summed E-state index contributed by atoms with van der Waals surface area (Å²) in [5, 5.41) is 6.73. The second-order valence-corrected chi connectivity index (χ2v) is 6.74. The van der Waals surface area contributed by atoms with Gasteiger partial charge in [0.15, 0.2) is 0 Å². The molecule has 0 aliphatic carbocycles. The average molecular weight is 352 g/mol. The number of carbonyl (C=O) groups is 2. The maximum atomic E-state index is 12.0. The SMILES string of the molecule is CCNC(=O)c1ccc(-c2cc3ccc(C(=O)NCC)cc3s2)cc1. The summed E-state index contributed by atoms with van der Waals surface area (Å²) < 4.78 is 1.08. The smallest absolute Gasteiger partial charge is 0.251 e. The van der Waals surface area contributed by atoms with E-state index in [4.69, 9.17) is 0 Å². The fraction of sp³-hybridized carbons (Fsp3) is 0.200. The first-order valence-corrected chi connectivity index (χ1v) is 9.14. The summed E-state index contributed by atoms with van der Waals surface area (Å²) in [6.45, 7) is 5.04. The molecule has 0 aliphatic heterocycles. The molecule has 3 aromatic rings. The van der Waals surface area contributed by atoms with E-state index in [1.165, 1.54) is 0 Å². The van der Waals surface area contributed by atoms with Crippen molar-refractivity contribution in [2.75, 3.05) is 13.1 Å². The van der Waals surface area contributed by atoms with E-state index in [2.05, 4.69) is 16.7 Å². The Kier molecular flexibility index (Phi) is 5.14. The molecule has 25 heavy (non-hydrogen) atoms. The zero-order valence-electron chi connectivity index (χ0n) is 14.3. The third kappa shape index (κ3) is 3.72. The van der Waals surface area contributed by atoms with Crippen LogP contribution in [0.3, 0.4) is 0 Å². The van der Waals surface area contributed by atoms with Gasteiger partial charge < -0.3 is 10.6 Å². The first kappa shape index (κ1) is 17.2. The number of carbonyl (C=O) groups excluding carboxylic acids is 2. The standard InChI is InChI=1S/C20H20N2O2S/c1-3-21-19(23)14-7-5-13(6-8-14)17-11-15-9-10-16(12-18(15)25-17)20(24)22-4-2/h5-12H,3-4H2,1-2H3,(H,21,23)(H,22,24). The van der Waals surface area contributed by atoms with Gasteiger partial charge >= 0.3 is 0 Å². The van der Waals surface area contributed by atoms with Crippen LogP contribution in [0.15, 0.2) is 48.5 Å². The van der Waals surface area contributed by atoms with Crippen molar-refractivity contribution >= 4 is 33.2 Å². The molecule has 4 nitrogen and oxygen atoms in total. The number of benzene rings is 2. The van der Waals surface area contributed by atoms with Crippen molar-refractivity contribution in [1.29, 1.82) is 0 Å². The van der Waals surface area contributed by atoms with Crippen LogP contribution in [0.2, 0.25) is 0 Å². The molecule has 2 aromatic carbocycles. The van der Waals surface area contributed by atoms with E-state index < -0.39 is 0 Å². The Bertz CT molecular complexity index is 913. The first-order chi connectivity index (χ1) is 12.1. The lowest BCUT2D eigenvalue weighted by atomic mass is 10.1. The highest BCUT2D eigenvalue weighted by molar-refractivity contribution is 7.22. The van der Waals surface area contributed by atoms with Gasteiger partial charge in [0.25, 0.3) is 11.8 Å². The fourth-order valence-corrected chi connectivity index (χ4v) is 3.73. The highest BCUT2D eigenvalue weighted by atomic mass is 32.1. The van der Waals surface area contributed by atoms with Gasteiger partial charge in [-0.2, -0.15) is 0 Å². The molecular weight excluding hydrogens is 332 g/mol. The normalized spacial score (nSPS) is 10.6. The molecule has 2 N–H and O–H groups in total. The molecule has 3 rings (SSSR count). The van der Waals surface area contributed by atoms with Crippen molar-refractivity contribution in [3.05, 3.63) is 59.7 Å². The molecule has 2 amide bonds. The summed E-state index contributed by atoms with van der Waals surface area (Å²) in [4.78, 5) is 24.9. The van der Waals surface area contributed by atoms with Gasteiger partial charge in [-0.3, -0.25) is 9.59 Å². The monoisotopic (exact) mass is 352 g/mol. The zero-order valence-corrected chi connectivity index (χ0v) is 15.1. The predicted molar refractivity (Wildman–Crippen MR) is 103 cm³/mol. The Balaban J connectivity index is 1.88. The Morgan fingerprint density at radius 2 is 1.44 bits per heavy atom. The summed E-state index contributed by atoms with van der Waals surface area (Å²) in [6, 6.07) is 15.5. The third-order valence-corrected chi connectivity index (χ3v) is 5.04. The topological polar surface area (TPSA) is 58.2 Å². The van der Waals surface area contributed by atoms with E-state index in [0.717, 1.165) is 20.5 Å². The molecule has 0 aliphatic rings. The highest BCUT2D eigenvalue weighted by Gasteiger charge is 2.10. The van der Waals surface area contributed by atoms with Crippen LogP contribution in [-0.2, 0) is 0 Å². The van der Waals surface area contributed by atoms with Crippen LogP contribution in [0, 0.1) is 0 Å². The Hall–Kier alpha value is -2.66. The predicted octanol–water partition coefficient (Wildman–Crippen LogP) is 4.07. The summed E-state index contributed by atoms with van der Waals surface area (Å²) in [5.74, 6) is -0.109. The van der Waals surface area contributed by atoms with Crippen LogP contribution in [0.4, 0.5) is 0 Å². The maximum Gasteiger partial charge on any atom is 0.251 e. The molecule has 0 atom stereocenters. The molecule has 0 fully saturated rings. The molecule has 0 bridgehead atoms. The van der Waals surface area contributed by atoms with Crippen molar-refractivity contribution in [3.63, 3.8) is 0 Å². The van der Waals surface area contributed by atoms with Crippen molar-refractivity contribution < 1.29 is 9.59 Å². The van der Waals surface area contributed by atoms with E-state index in [-0.39, 0.29) is 11.8 Å². The summed E-state index contributed by atoms with van der Waals surface area (Å²) in [6.07, 6.45) is 0. The number of fused-ring (bicyclic) bond motifs is 1. The van der Waals surface area contributed by atoms with Crippen molar-refractivity contribution in [3.8, 4) is 10.4 Å². The molecule has 1 heterocycles. The Morgan fingerprint density at radius 1 is 0.840 bits per heavy atom. The molecule has 0 saturated heterocycles. The largest absolute Gasteiger partial charge is 0.352 e. The van der Waals surface area contributed by atoms with Crippen molar-refractivity contribution in [1.82, 2.24) is 10.6 Å². The van der Waals surface area contributed by atoms with Gasteiger partial charge in [0, 0.05) is 33.8 Å². The maximum absolute atomic E-state index is 12.0. The van der Waals surface area contributed by atoms with Crippen LogP contribution in [0.25, 0.3) is 20.5 Å². The first-order valence-electron chi connectivity index (χ1n) is 8.32. The minimum atomic E-state index is -0.0584. The Morgan fingerprint density at radius 3 is 2.08 bits per heavy atom. The number of hydrogen-bond donors (Lipinski definition) is 2. The second kappa shape index (κ2) is 7.49. The van der Waals surface area contributed by atoms with E-state index in [0.29, 0.717) is 24.2 Å². The number of thiophene rings is 1. The average Bonchev–Trinajstić information content (AvgIpc) is 3.05. The lowest BCUT2D eigenvalue weighted by Crippen LogP contribution is -2.22. The molecule has 128 valence electrons. The zero-order chi connectivity index (χ0) is 17.8. The minimum absolute atomic E-state index is 0.0503. The van der Waals surface area contributed by atoms with Crippen LogP contribution in [-0.4, -0.2) is 24.9 Å². The lowest BCUT2D eigenvalue weighted by Gasteiger charge is -2.03. The number of nitrogens with one attached hydrogen (secondary N) is 2. The quantitative estimate of drug-likeness (QED) is 0.727. The van der Waals surface area contributed by atoms with Crippen LogP contribution < -0.4 is 10.6 Å². The molecule has 0 radical (unpaired) electrons. The molecule has 0 saturated carbocycles. The van der Waals surface area contributed by atoms with Gasteiger partial charge in [-0.15, -0.1) is 11.3 Å². The van der Waals surface area contributed by atoms with Gasteiger partial charge in [-0.25, -0.2) is 0 Å². The van der Waals surface area contributed by atoms with Gasteiger partial charge in [-0.05, 0) is 55.1 Å². The molecule has 0 unspecified atom stereocenters. The molecule has 1 aromatic heterocycles. The Labute approximate surface area is 150 Å². The van der Waals surface area contributed by atoms with Gasteiger partial charge in [-0.1, -0.05) is 18.2 Å². The van der Waals surface area contributed by atoms with E-state index in [9.17, 15) is 9.59 Å². The fourth-order valence-electron chi connectivity index (χ4n) is 2.63. The van der Waals surface area contributed by atoms with Crippen molar-refractivity contribution in [2.24, 2.45) is 0 Å². The van der Waals surface area contributed by atoms with Crippen molar-refractivity contribution in [2.45, 2.75) is 13.8 Å². The number of hydrogen-bond acceptors (Lipinski definition) is 3. The number of amides is 2. The van der Waals surface area contributed by atoms with Crippen LogP contribution >= 0.6 is 11.3 Å². The number of rotatable bonds is 5. The van der Waals surface area contributed by atoms with E-state index in [1.54, 1.807) is 11.3 Å². The minimum Gasteiger partial charge on any atom is -0.352 e. The summed E-state index contributed by atoms with van der Waals surface area (Å²) in [7, 11) is 0. The highest BCUT2D eigenvalue weighted by Crippen LogP contribution is 2.34. The molecule has 0 spiro atoms. The van der Waals surface area contributed by atoms with E-state index in [1.807, 2.05) is 56.3 Å². The van der Waals surface area contributed by atoms with Gasteiger partial charge in [0.05, 0.1) is 0 Å². The van der Waals surface area contributed by atoms with E-state index >= 15 is 0 Å². The lowest BCUT2D eigenvalue weighted by molar-refractivity contribution is 0.0947. The molecule has 5 heteroatoms. The second-order valence-electron chi connectivity index (χ2n) is 5.66. The summed E-state index contributed by atoms with van der Waals surface area (Å²) >= 11 is 1.64. The van der Waals surface area contributed by atoms with Gasteiger partial charge in [0.1, 0.15) is 0 Å². The third-order valence-electron chi connectivity index (χ3n) is 3.89. The molecular formula is C20H20N2O2S. The van der Waals surface area contributed by atoms with Crippen LogP contribution in [0.5, 0.6) is 0 Å². The van der Waals surface area contributed by atoms with Gasteiger partial charge in [0.2, 0.25) is 0 Å².